The van der Waals surface area contributed by atoms with E-state index in [9.17, 15) is 14.9 Å². The summed E-state index contributed by atoms with van der Waals surface area (Å²) in [7, 11) is 0. The van der Waals surface area contributed by atoms with E-state index in [1.54, 1.807) is 0 Å². The van der Waals surface area contributed by atoms with Crippen LogP contribution in [0.5, 0.6) is 0 Å². The van der Waals surface area contributed by atoms with Gasteiger partial charge in [0, 0.05) is 18.3 Å². The lowest BCUT2D eigenvalue weighted by Crippen LogP contribution is -2.34. The molecule has 1 fully saturated rings. The second-order valence-electron chi connectivity index (χ2n) is 5.83. The number of amides is 1. The Morgan fingerprint density at radius 3 is 2.67 bits per heavy atom. The number of anilines is 1. The van der Waals surface area contributed by atoms with Gasteiger partial charge < -0.3 is 10.7 Å². The van der Waals surface area contributed by atoms with Crippen molar-refractivity contribution in [3.8, 4) is 0 Å². The first-order valence-corrected chi connectivity index (χ1v) is 6.98. The summed E-state index contributed by atoms with van der Waals surface area (Å²) < 4.78 is 0. The number of nitro groups is 1. The number of benzene rings is 1. The van der Waals surface area contributed by atoms with Gasteiger partial charge in [-0.3, -0.25) is 20.8 Å². The third-order valence-electron chi connectivity index (χ3n) is 4.09. The summed E-state index contributed by atoms with van der Waals surface area (Å²) in [5.74, 6) is 4.85. The molecule has 1 aliphatic rings. The zero-order chi connectivity index (χ0) is 15.5. The number of hydrogen-bond donors (Lipinski definition) is 3. The molecule has 1 aromatic carbocycles. The molecule has 0 spiro atoms. The van der Waals surface area contributed by atoms with Crippen molar-refractivity contribution in [1.82, 2.24) is 5.32 Å². The predicted octanol–water partition coefficient (Wildman–Crippen LogP) is 2.19. The molecular formula is C14H20N4O3. The van der Waals surface area contributed by atoms with Crippen molar-refractivity contribution in [3.05, 3.63) is 33.9 Å². The highest BCUT2D eigenvalue weighted by Crippen LogP contribution is 2.36. The zero-order valence-corrected chi connectivity index (χ0v) is 12.0. The van der Waals surface area contributed by atoms with Gasteiger partial charge in [0.05, 0.1) is 4.92 Å². The number of nitrogens with zero attached hydrogens (tertiary/aromatic N) is 1. The minimum Gasteiger partial charge on any atom is -0.351 e. The van der Waals surface area contributed by atoms with E-state index in [0.717, 1.165) is 12.8 Å². The van der Waals surface area contributed by atoms with Crippen LogP contribution in [0, 0.1) is 15.5 Å². The van der Waals surface area contributed by atoms with Crippen molar-refractivity contribution in [2.75, 3.05) is 12.0 Å². The molecule has 21 heavy (non-hydrogen) atoms. The van der Waals surface area contributed by atoms with Crippen LogP contribution in [-0.2, 0) is 0 Å². The summed E-state index contributed by atoms with van der Waals surface area (Å²) in [6.45, 7) is 2.66. The van der Waals surface area contributed by atoms with Crippen LogP contribution in [0.15, 0.2) is 18.2 Å². The van der Waals surface area contributed by atoms with E-state index in [1.165, 1.54) is 31.0 Å². The molecule has 1 saturated carbocycles. The average molecular weight is 292 g/mol. The third-order valence-corrected chi connectivity index (χ3v) is 4.09. The smallest absolute Gasteiger partial charge is 0.282 e. The number of hydrazine groups is 1. The molecule has 7 heteroatoms. The van der Waals surface area contributed by atoms with Gasteiger partial charge in [-0.2, -0.15) is 0 Å². The number of nitro benzene ring substituents is 1. The van der Waals surface area contributed by atoms with Gasteiger partial charge in [0.25, 0.3) is 11.6 Å². The summed E-state index contributed by atoms with van der Waals surface area (Å²) in [6.07, 6.45) is 4.47. The van der Waals surface area contributed by atoms with E-state index >= 15 is 0 Å². The largest absolute Gasteiger partial charge is 0.351 e. The van der Waals surface area contributed by atoms with Crippen molar-refractivity contribution in [2.45, 2.75) is 32.6 Å². The molecule has 0 unspecified atom stereocenters. The van der Waals surface area contributed by atoms with E-state index in [1.807, 2.05) is 0 Å². The van der Waals surface area contributed by atoms with Crippen LogP contribution >= 0.6 is 0 Å². The summed E-state index contributed by atoms with van der Waals surface area (Å²) in [4.78, 5) is 22.7. The van der Waals surface area contributed by atoms with Crippen molar-refractivity contribution in [2.24, 2.45) is 11.3 Å². The Bertz CT molecular complexity index is 553. The molecule has 0 aliphatic heterocycles. The topological polar surface area (TPSA) is 110 Å². The van der Waals surface area contributed by atoms with Gasteiger partial charge >= 0.3 is 0 Å². The van der Waals surface area contributed by atoms with Crippen molar-refractivity contribution in [3.63, 3.8) is 0 Å². The van der Waals surface area contributed by atoms with Crippen molar-refractivity contribution in [1.29, 1.82) is 0 Å². The highest BCUT2D eigenvalue weighted by molar-refractivity contribution is 5.99. The van der Waals surface area contributed by atoms with Gasteiger partial charge in [-0.05, 0) is 30.4 Å². The summed E-state index contributed by atoms with van der Waals surface area (Å²) in [6, 6.07) is 4.14. The first-order valence-electron chi connectivity index (χ1n) is 6.98. The SMILES string of the molecule is CC1(CNC(=O)c2cc(NN)ccc2[N+](=O)[O-])CCCC1. The maximum absolute atomic E-state index is 12.3. The van der Waals surface area contributed by atoms with E-state index in [4.69, 9.17) is 5.84 Å². The molecule has 0 heterocycles. The van der Waals surface area contributed by atoms with E-state index in [-0.39, 0.29) is 16.7 Å². The number of nitrogens with one attached hydrogen (secondary N) is 2. The first kappa shape index (κ1) is 15.2. The fourth-order valence-corrected chi connectivity index (χ4v) is 2.76. The molecule has 114 valence electrons. The van der Waals surface area contributed by atoms with E-state index in [2.05, 4.69) is 17.7 Å². The normalized spacial score (nSPS) is 16.5. The summed E-state index contributed by atoms with van der Waals surface area (Å²) in [5.41, 5.74) is 2.74. The second-order valence-corrected chi connectivity index (χ2v) is 5.83. The maximum atomic E-state index is 12.3. The van der Waals surface area contributed by atoms with Gasteiger partial charge in [0.1, 0.15) is 5.56 Å². The molecule has 0 bridgehead atoms. The molecule has 1 aromatic rings. The third kappa shape index (κ3) is 3.49. The molecule has 0 saturated heterocycles. The molecule has 2 rings (SSSR count). The molecule has 0 radical (unpaired) electrons. The minimum absolute atomic E-state index is 0.0250. The Hall–Kier alpha value is -2.15. The molecular weight excluding hydrogens is 272 g/mol. The lowest BCUT2D eigenvalue weighted by atomic mass is 9.89. The Morgan fingerprint density at radius 1 is 1.43 bits per heavy atom. The van der Waals surface area contributed by atoms with Crippen LogP contribution in [0.4, 0.5) is 11.4 Å². The van der Waals surface area contributed by atoms with Gasteiger partial charge in [0.2, 0.25) is 0 Å². The zero-order valence-electron chi connectivity index (χ0n) is 12.0. The number of carbonyl (C=O) groups is 1. The fourth-order valence-electron chi connectivity index (χ4n) is 2.76. The molecule has 1 amide bonds. The Labute approximate surface area is 123 Å². The number of nitrogen functional groups attached to an aromatic ring is 1. The number of carbonyl (C=O) groups excluding carboxylic acids is 1. The lowest BCUT2D eigenvalue weighted by molar-refractivity contribution is -0.385. The molecule has 7 nitrogen and oxygen atoms in total. The monoisotopic (exact) mass is 292 g/mol. The number of rotatable bonds is 5. The lowest BCUT2D eigenvalue weighted by Gasteiger charge is -2.23. The Balaban J connectivity index is 2.15. The Kier molecular flexibility index (Phi) is 4.42. The van der Waals surface area contributed by atoms with Crippen molar-refractivity contribution < 1.29 is 9.72 Å². The molecule has 1 aliphatic carbocycles. The van der Waals surface area contributed by atoms with Gasteiger partial charge in [-0.15, -0.1) is 0 Å². The van der Waals surface area contributed by atoms with Crippen LogP contribution in [-0.4, -0.2) is 17.4 Å². The Morgan fingerprint density at radius 2 is 2.10 bits per heavy atom. The van der Waals surface area contributed by atoms with Gasteiger partial charge in [0.15, 0.2) is 0 Å². The fraction of sp³-hybridized carbons (Fsp3) is 0.500. The number of hydrogen-bond acceptors (Lipinski definition) is 5. The van der Waals surface area contributed by atoms with E-state index in [0.29, 0.717) is 12.2 Å². The summed E-state index contributed by atoms with van der Waals surface area (Å²) in [5, 5.41) is 13.8. The average Bonchev–Trinajstić information content (AvgIpc) is 2.91. The minimum atomic E-state index is -0.563. The predicted molar refractivity (Wildman–Crippen MR) is 79.8 cm³/mol. The van der Waals surface area contributed by atoms with E-state index < -0.39 is 10.8 Å². The maximum Gasteiger partial charge on any atom is 0.282 e. The van der Waals surface area contributed by atoms with Gasteiger partial charge in [-0.25, -0.2) is 0 Å². The second kappa shape index (κ2) is 6.09. The van der Waals surface area contributed by atoms with Crippen molar-refractivity contribution >= 4 is 17.3 Å². The highest BCUT2D eigenvalue weighted by atomic mass is 16.6. The van der Waals surface area contributed by atoms with Crippen LogP contribution in [0.3, 0.4) is 0 Å². The van der Waals surface area contributed by atoms with Gasteiger partial charge in [-0.1, -0.05) is 19.8 Å². The molecule has 0 aromatic heterocycles. The first-order chi connectivity index (χ1) is 9.95. The highest BCUT2D eigenvalue weighted by Gasteiger charge is 2.30. The molecule has 4 N–H and O–H groups in total. The van der Waals surface area contributed by atoms with Crippen LogP contribution < -0.4 is 16.6 Å². The standard InChI is InChI=1S/C14H20N4O3/c1-14(6-2-3-7-14)9-16-13(19)11-8-10(17-15)4-5-12(11)18(20)21/h4-5,8,17H,2-3,6-7,9,15H2,1H3,(H,16,19). The molecule has 0 atom stereocenters. The summed E-state index contributed by atoms with van der Waals surface area (Å²) >= 11 is 0. The van der Waals surface area contributed by atoms with Crippen LogP contribution in [0.25, 0.3) is 0 Å². The van der Waals surface area contributed by atoms with Crippen LogP contribution in [0.2, 0.25) is 0 Å². The van der Waals surface area contributed by atoms with Crippen LogP contribution in [0.1, 0.15) is 43.0 Å². The quantitative estimate of drug-likeness (QED) is 0.437. The number of nitrogens with two attached hydrogens (primary N) is 1.